The van der Waals surface area contributed by atoms with Gasteiger partial charge in [-0.05, 0) is 12.8 Å². The summed E-state index contributed by atoms with van der Waals surface area (Å²) in [7, 11) is 0. The lowest BCUT2D eigenvalue weighted by molar-refractivity contribution is -0.141. The Morgan fingerprint density at radius 2 is 1.85 bits per heavy atom. The number of hydrogen-bond acceptors (Lipinski definition) is 2. The van der Waals surface area contributed by atoms with Gasteiger partial charge in [0.05, 0.1) is 6.61 Å². The number of rotatable bonds is 7. The summed E-state index contributed by atoms with van der Waals surface area (Å²) in [5, 5.41) is 0. The molecular weight excluding hydrogens is 164 g/mol. The fraction of sp³-hybridized carbons (Fsp3) is 0.727. The fourth-order valence-electron chi connectivity index (χ4n) is 1.08. The Balaban J connectivity index is 2.92. The maximum absolute atomic E-state index is 10.4. The van der Waals surface area contributed by atoms with Crippen molar-refractivity contribution in [3.05, 3.63) is 0 Å². The van der Waals surface area contributed by atoms with E-state index in [1.165, 1.54) is 19.8 Å². The van der Waals surface area contributed by atoms with E-state index in [1.54, 1.807) is 0 Å². The van der Waals surface area contributed by atoms with Gasteiger partial charge in [0.2, 0.25) is 0 Å². The van der Waals surface area contributed by atoms with Crippen LogP contribution < -0.4 is 0 Å². The van der Waals surface area contributed by atoms with Crippen LogP contribution in [-0.2, 0) is 9.53 Å². The molecule has 13 heavy (non-hydrogen) atoms. The third-order valence-electron chi connectivity index (χ3n) is 1.77. The number of unbranched alkanes of at least 4 members (excludes halogenated alkanes) is 5. The van der Waals surface area contributed by atoms with Gasteiger partial charge in [-0.2, -0.15) is 0 Å². The first kappa shape index (κ1) is 12.0. The van der Waals surface area contributed by atoms with E-state index < -0.39 is 0 Å². The lowest BCUT2D eigenvalue weighted by atomic mass is 10.1. The van der Waals surface area contributed by atoms with E-state index >= 15 is 0 Å². The highest BCUT2D eigenvalue weighted by Gasteiger charge is 1.93. The van der Waals surface area contributed by atoms with Crippen LogP contribution in [0.1, 0.15) is 45.4 Å². The molecular formula is C11H18O2. The maximum atomic E-state index is 10.4. The van der Waals surface area contributed by atoms with Crippen molar-refractivity contribution in [2.45, 2.75) is 45.4 Å². The van der Waals surface area contributed by atoms with Crippen molar-refractivity contribution in [1.82, 2.24) is 0 Å². The normalized spacial score (nSPS) is 9.23. The lowest BCUT2D eigenvalue weighted by Gasteiger charge is -2.01. The molecule has 0 aromatic heterocycles. The van der Waals surface area contributed by atoms with Crippen molar-refractivity contribution < 1.29 is 9.53 Å². The molecule has 74 valence electrons. The van der Waals surface area contributed by atoms with Gasteiger partial charge < -0.3 is 4.74 Å². The molecule has 0 N–H and O–H groups in total. The minimum Gasteiger partial charge on any atom is -0.466 e. The van der Waals surface area contributed by atoms with Crippen LogP contribution in [0.2, 0.25) is 0 Å². The first-order chi connectivity index (χ1) is 6.27. The second kappa shape index (κ2) is 9.12. The Morgan fingerprint density at radius 3 is 2.46 bits per heavy atom. The molecule has 0 radical (unpaired) electrons. The molecule has 0 aliphatic heterocycles. The van der Waals surface area contributed by atoms with E-state index in [1.807, 2.05) is 0 Å². The molecule has 0 aliphatic carbocycles. The minimum absolute atomic E-state index is 0.188. The predicted octanol–water partition coefficient (Wildman–Crippen LogP) is 2.52. The van der Waals surface area contributed by atoms with E-state index in [0.29, 0.717) is 6.61 Å². The average Bonchev–Trinajstić information content (AvgIpc) is 2.09. The summed E-state index contributed by atoms with van der Waals surface area (Å²) in [6, 6.07) is 0. The Kier molecular flexibility index (Phi) is 8.44. The SMILES string of the molecule is C#CCCCCCCCOC(C)=O. The summed E-state index contributed by atoms with van der Waals surface area (Å²) < 4.78 is 4.80. The largest absolute Gasteiger partial charge is 0.466 e. The van der Waals surface area contributed by atoms with Gasteiger partial charge in [-0.25, -0.2) is 0 Å². The van der Waals surface area contributed by atoms with Crippen LogP contribution in [0.4, 0.5) is 0 Å². The molecule has 0 amide bonds. The van der Waals surface area contributed by atoms with Crippen molar-refractivity contribution in [3.8, 4) is 12.3 Å². The number of carbonyl (C=O) groups is 1. The molecule has 0 saturated carbocycles. The second-order valence-corrected chi connectivity index (χ2v) is 3.06. The Labute approximate surface area is 80.7 Å². The van der Waals surface area contributed by atoms with Gasteiger partial charge in [0.1, 0.15) is 0 Å². The topological polar surface area (TPSA) is 26.3 Å². The molecule has 0 aromatic rings. The Bertz CT molecular complexity index is 167. The van der Waals surface area contributed by atoms with Crippen LogP contribution in [0.5, 0.6) is 0 Å². The first-order valence-electron chi connectivity index (χ1n) is 4.84. The number of esters is 1. The number of hydrogen-bond donors (Lipinski definition) is 0. The molecule has 0 heterocycles. The van der Waals surface area contributed by atoms with E-state index in [4.69, 9.17) is 11.2 Å². The highest BCUT2D eigenvalue weighted by molar-refractivity contribution is 5.65. The predicted molar refractivity (Wildman–Crippen MR) is 53.2 cm³/mol. The summed E-state index contributed by atoms with van der Waals surface area (Å²) in [5.41, 5.74) is 0. The Morgan fingerprint density at radius 1 is 1.23 bits per heavy atom. The number of terminal acetylenes is 1. The zero-order valence-electron chi connectivity index (χ0n) is 8.34. The highest BCUT2D eigenvalue weighted by Crippen LogP contribution is 2.04. The smallest absolute Gasteiger partial charge is 0.302 e. The highest BCUT2D eigenvalue weighted by atomic mass is 16.5. The minimum atomic E-state index is -0.188. The summed E-state index contributed by atoms with van der Waals surface area (Å²) in [6.45, 7) is 2.00. The van der Waals surface area contributed by atoms with Crippen molar-refractivity contribution >= 4 is 5.97 Å². The lowest BCUT2D eigenvalue weighted by Crippen LogP contribution is -1.99. The van der Waals surface area contributed by atoms with Gasteiger partial charge in [-0.15, -0.1) is 12.3 Å². The summed E-state index contributed by atoms with van der Waals surface area (Å²) in [4.78, 5) is 10.4. The van der Waals surface area contributed by atoms with Gasteiger partial charge in [0, 0.05) is 13.3 Å². The van der Waals surface area contributed by atoms with E-state index in [9.17, 15) is 4.79 Å². The first-order valence-corrected chi connectivity index (χ1v) is 4.84. The fourth-order valence-corrected chi connectivity index (χ4v) is 1.08. The van der Waals surface area contributed by atoms with Crippen LogP contribution >= 0.6 is 0 Å². The standard InChI is InChI=1S/C11H18O2/c1-3-4-5-6-7-8-9-10-13-11(2)12/h1H,4-10H2,2H3. The maximum Gasteiger partial charge on any atom is 0.302 e. The van der Waals surface area contributed by atoms with E-state index in [2.05, 4.69) is 5.92 Å². The van der Waals surface area contributed by atoms with Crippen molar-refractivity contribution in [2.75, 3.05) is 6.61 Å². The molecule has 0 atom stereocenters. The molecule has 0 aromatic carbocycles. The van der Waals surface area contributed by atoms with Crippen LogP contribution in [0.25, 0.3) is 0 Å². The molecule has 0 aliphatic rings. The molecule has 0 spiro atoms. The Hall–Kier alpha value is -0.970. The van der Waals surface area contributed by atoms with Crippen molar-refractivity contribution in [2.24, 2.45) is 0 Å². The van der Waals surface area contributed by atoms with Gasteiger partial charge in [-0.1, -0.05) is 19.3 Å². The van der Waals surface area contributed by atoms with Crippen LogP contribution in [0.3, 0.4) is 0 Å². The summed E-state index contributed by atoms with van der Waals surface area (Å²) in [6.07, 6.45) is 11.6. The van der Waals surface area contributed by atoms with Crippen molar-refractivity contribution in [1.29, 1.82) is 0 Å². The monoisotopic (exact) mass is 182 g/mol. The van der Waals surface area contributed by atoms with Gasteiger partial charge in [0.15, 0.2) is 0 Å². The third-order valence-corrected chi connectivity index (χ3v) is 1.77. The molecule has 0 bridgehead atoms. The third kappa shape index (κ3) is 11.0. The molecule has 0 saturated heterocycles. The van der Waals surface area contributed by atoms with Crippen molar-refractivity contribution in [3.63, 3.8) is 0 Å². The zero-order valence-corrected chi connectivity index (χ0v) is 8.34. The van der Waals surface area contributed by atoms with Crippen LogP contribution in [-0.4, -0.2) is 12.6 Å². The molecule has 0 fully saturated rings. The second-order valence-electron chi connectivity index (χ2n) is 3.06. The van der Waals surface area contributed by atoms with E-state index in [-0.39, 0.29) is 5.97 Å². The van der Waals surface area contributed by atoms with Crippen LogP contribution in [0, 0.1) is 12.3 Å². The quantitative estimate of drug-likeness (QED) is 0.343. The van der Waals surface area contributed by atoms with Gasteiger partial charge in [0.25, 0.3) is 0 Å². The van der Waals surface area contributed by atoms with Crippen LogP contribution in [0.15, 0.2) is 0 Å². The van der Waals surface area contributed by atoms with Gasteiger partial charge >= 0.3 is 5.97 Å². The van der Waals surface area contributed by atoms with E-state index in [0.717, 1.165) is 25.7 Å². The number of ether oxygens (including phenoxy) is 1. The zero-order chi connectivity index (χ0) is 9.94. The molecule has 2 nitrogen and oxygen atoms in total. The number of carbonyl (C=O) groups excluding carboxylic acids is 1. The molecule has 2 heteroatoms. The summed E-state index contributed by atoms with van der Waals surface area (Å²) in [5.74, 6) is 2.43. The molecule has 0 unspecified atom stereocenters. The average molecular weight is 182 g/mol. The summed E-state index contributed by atoms with van der Waals surface area (Å²) >= 11 is 0. The van der Waals surface area contributed by atoms with Gasteiger partial charge in [-0.3, -0.25) is 4.79 Å². The molecule has 0 rings (SSSR count).